The Bertz CT molecular complexity index is 829. The molecule has 1 aromatic heterocycles. The van der Waals surface area contributed by atoms with E-state index >= 15 is 0 Å². The minimum Gasteiger partial charge on any atom is -0.495 e. The molecule has 0 saturated carbocycles. The van der Waals surface area contributed by atoms with Crippen LogP contribution in [0.3, 0.4) is 0 Å². The summed E-state index contributed by atoms with van der Waals surface area (Å²) in [6, 6.07) is 10.8. The average molecular weight is 316 g/mol. The van der Waals surface area contributed by atoms with E-state index in [-0.39, 0.29) is 5.91 Å². The molecule has 3 rings (SSSR count). The van der Waals surface area contributed by atoms with E-state index in [1.165, 1.54) is 0 Å². The van der Waals surface area contributed by atoms with E-state index < -0.39 is 0 Å². The van der Waals surface area contributed by atoms with E-state index in [0.29, 0.717) is 22.9 Å². The molecule has 0 fully saturated rings. The van der Waals surface area contributed by atoms with Crippen molar-refractivity contribution in [3.8, 4) is 5.75 Å². The molecule has 22 heavy (non-hydrogen) atoms. The van der Waals surface area contributed by atoms with Gasteiger partial charge >= 0.3 is 0 Å². The van der Waals surface area contributed by atoms with E-state index in [4.69, 9.17) is 16.3 Å². The highest BCUT2D eigenvalue weighted by Crippen LogP contribution is 2.24. The van der Waals surface area contributed by atoms with Gasteiger partial charge in [-0.15, -0.1) is 0 Å². The van der Waals surface area contributed by atoms with Crippen LogP contribution in [-0.2, 0) is 6.54 Å². The summed E-state index contributed by atoms with van der Waals surface area (Å²) in [7, 11) is 1.56. The lowest BCUT2D eigenvalue weighted by Gasteiger charge is -2.08. The molecule has 0 atom stereocenters. The van der Waals surface area contributed by atoms with Crippen molar-refractivity contribution in [3.63, 3.8) is 0 Å². The fraction of sp³-hybridized carbons (Fsp3) is 0.125. The number of fused-ring (bicyclic) bond motifs is 1. The highest BCUT2D eigenvalue weighted by Gasteiger charge is 2.08. The van der Waals surface area contributed by atoms with Gasteiger partial charge in [0, 0.05) is 12.1 Å². The molecule has 2 aromatic carbocycles. The summed E-state index contributed by atoms with van der Waals surface area (Å²) in [4.78, 5) is 19.3. The van der Waals surface area contributed by atoms with Gasteiger partial charge in [0.05, 0.1) is 29.5 Å². The normalized spacial score (nSPS) is 10.6. The Kier molecular flexibility index (Phi) is 3.98. The van der Waals surface area contributed by atoms with Gasteiger partial charge in [0.1, 0.15) is 5.75 Å². The van der Waals surface area contributed by atoms with Gasteiger partial charge < -0.3 is 15.0 Å². The van der Waals surface area contributed by atoms with Gasteiger partial charge in [-0.25, -0.2) is 4.98 Å². The SMILES string of the molecule is COc1ccc(CNC(=O)c2ccc3nc[nH]c3c2)cc1Cl. The van der Waals surface area contributed by atoms with Crippen LogP contribution in [0.2, 0.25) is 5.02 Å². The molecular weight excluding hydrogens is 302 g/mol. The summed E-state index contributed by atoms with van der Waals surface area (Å²) in [5, 5.41) is 3.39. The summed E-state index contributed by atoms with van der Waals surface area (Å²) >= 11 is 6.07. The number of hydrogen-bond donors (Lipinski definition) is 2. The Morgan fingerprint density at radius 3 is 2.95 bits per heavy atom. The second-order valence-electron chi connectivity index (χ2n) is 4.79. The molecule has 6 heteroatoms. The molecule has 0 bridgehead atoms. The van der Waals surface area contributed by atoms with Crippen molar-refractivity contribution in [2.24, 2.45) is 0 Å². The van der Waals surface area contributed by atoms with Crippen LogP contribution in [0.1, 0.15) is 15.9 Å². The lowest BCUT2D eigenvalue weighted by molar-refractivity contribution is 0.0951. The number of nitrogens with one attached hydrogen (secondary N) is 2. The number of amides is 1. The van der Waals surface area contributed by atoms with E-state index in [9.17, 15) is 4.79 Å². The largest absolute Gasteiger partial charge is 0.495 e. The number of carbonyl (C=O) groups excluding carboxylic acids is 1. The molecule has 3 aromatic rings. The molecule has 0 saturated heterocycles. The number of nitrogens with zero attached hydrogens (tertiary/aromatic N) is 1. The third-order valence-corrected chi connectivity index (χ3v) is 3.65. The van der Waals surface area contributed by atoms with Crippen LogP contribution in [0.4, 0.5) is 0 Å². The molecule has 0 aliphatic carbocycles. The van der Waals surface area contributed by atoms with Gasteiger partial charge in [0.2, 0.25) is 0 Å². The molecule has 0 radical (unpaired) electrons. The summed E-state index contributed by atoms with van der Waals surface area (Å²) in [6.45, 7) is 0.392. The molecule has 1 heterocycles. The minimum absolute atomic E-state index is 0.150. The van der Waals surface area contributed by atoms with Gasteiger partial charge in [0.25, 0.3) is 5.91 Å². The summed E-state index contributed by atoms with van der Waals surface area (Å²) in [6.07, 6.45) is 1.60. The number of aromatic nitrogens is 2. The Morgan fingerprint density at radius 1 is 1.32 bits per heavy atom. The number of carbonyl (C=O) groups is 1. The van der Waals surface area contributed by atoms with Gasteiger partial charge in [-0.2, -0.15) is 0 Å². The summed E-state index contributed by atoms with van der Waals surface area (Å²) in [5.41, 5.74) is 3.15. The predicted molar refractivity (Wildman–Crippen MR) is 85.3 cm³/mol. The van der Waals surface area contributed by atoms with E-state index in [1.807, 2.05) is 12.1 Å². The second-order valence-corrected chi connectivity index (χ2v) is 5.19. The van der Waals surface area contributed by atoms with Crippen molar-refractivity contribution in [2.75, 3.05) is 7.11 Å². The Labute approximate surface area is 132 Å². The number of ether oxygens (including phenoxy) is 1. The maximum absolute atomic E-state index is 12.2. The molecule has 0 aliphatic heterocycles. The Morgan fingerprint density at radius 2 is 2.18 bits per heavy atom. The summed E-state index contributed by atoms with van der Waals surface area (Å²) in [5.74, 6) is 0.463. The summed E-state index contributed by atoms with van der Waals surface area (Å²) < 4.78 is 5.10. The molecule has 0 spiro atoms. The third-order valence-electron chi connectivity index (χ3n) is 3.35. The van der Waals surface area contributed by atoms with Crippen LogP contribution in [0.25, 0.3) is 11.0 Å². The van der Waals surface area contributed by atoms with Crippen molar-refractivity contribution >= 4 is 28.5 Å². The van der Waals surface area contributed by atoms with Crippen molar-refractivity contribution in [1.29, 1.82) is 0 Å². The monoisotopic (exact) mass is 315 g/mol. The van der Waals surface area contributed by atoms with Crippen LogP contribution < -0.4 is 10.1 Å². The number of aromatic amines is 1. The molecule has 5 nitrogen and oxygen atoms in total. The first-order valence-corrected chi connectivity index (χ1v) is 7.09. The molecule has 0 unspecified atom stereocenters. The first kappa shape index (κ1) is 14.4. The standard InChI is InChI=1S/C16H14ClN3O2/c1-22-15-5-2-10(6-12(15)17)8-18-16(21)11-3-4-13-14(7-11)20-9-19-13/h2-7,9H,8H2,1H3,(H,18,21)(H,19,20). The molecule has 1 amide bonds. The van der Waals surface area contributed by atoms with Gasteiger partial charge in [-0.05, 0) is 35.9 Å². The fourth-order valence-electron chi connectivity index (χ4n) is 2.18. The highest BCUT2D eigenvalue weighted by atomic mass is 35.5. The van der Waals surface area contributed by atoms with E-state index in [0.717, 1.165) is 16.6 Å². The zero-order chi connectivity index (χ0) is 15.5. The lowest BCUT2D eigenvalue weighted by Crippen LogP contribution is -2.22. The van der Waals surface area contributed by atoms with Crippen LogP contribution in [0.15, 0.2) is 42.7 Å². The van der Waals surface area contributed by atoms with Crippen LogP contribution in [0, 0.1) is 0 Å². The highest BCUT2D eigenvalue weighted by molar-refractivity contribution is 6.32. The quantitative estimate of drug-likeness (QED) is 0.777. The number of methoxy groups -OCH3 is 1. The lowest BCUT2D eigenvalue weighted by atomic mass is 10.1. The van der Waals surface area contributed by atoms with Crippen molar-refractivity contribution in [3.05, 3.63) is 58.9 Å². The number of hydrogen-bond acceptors (Lipinski definition) is 3. The fourth-order valence-corrected chi connectivity index (χ4v) is 2.46. The number of imidazole rings is 1. The molecule has 2 N–H and O–H groups in total. The van der Waals surface area contributed by atoms with Crippen LogP contribution >= 0.6 is 11.6 Å². The van der Waals surface area contributed by atoms with Crippen molar-refractivity contribution < 1.29 is 9.53 Å². The maximum Gasteiger partial charge on any atom is 0.251 e. The van der Waals surface area contributed by atoms with Crippen LogP contribution in [-0.4, -0.2) is 23.0 Å². The Balaban J connectivity index is 1.70. The zero-order valence-corrected chi connectivity index (χ0v) is 12.6. The van der Waals surface area contributed by atoms with Gasteiger partial charge in [-0.1, -0.05) is 17.7 Å². The number of H-pyrrole nitrogens is 1. The predicted octanol–water partition coefficient (Wildman–Crippen LogP) is 3.15. The number of benzene rings is 2. The first-order chi connectivity index (χ1) is 10.7. The Hall–Kier alpha value is -2.53. The average Bonchev–Trinajstić information content (AvgIpc) is 3.00. The second kappa shape index (κ2) is 6.07. The molecular formula is C16H14ClN3O2. The van der Waals surface area contributed by atoms with Crippen LogP contribution in [0.5, 0.6) is 5.75 Å². The number of halogens is 1. The van der Waals surface area contributed by atoms with E-state index in [2.05, 4.69) is 15.3 Å². The minimum atomic E-state index is -0.150. The van der Waals surface area contributed by atoms with Gasteiger partial charge in [-0.3, -0.25) is 4.79 Å². The topological polar surface area (TPSA) is 67.0 Å². The van der Waals surface area contributed by atoms with Gasteiger partial charge in [0.15, 0.2) is 0 Å². The van der Waals surface area contributed by atoms with Crippen molar-refractivity contribution in [1.82, 2.24) is 15.3 Å². The molecule has 0 aliphatic rings. The third kappa shape index (κ3) is 2.89. The zero-order valence-electron chi connectivity index (χ0n) is 11.9. The first-order valence-electron chi connectivity index (χ1n) is 6.71. The smallest absolute Gasteiger partial charge is 0.251 e. The van der Waals surface area contributed by atoms with Crippen molar-refractivity contribution in [2.45, 2.75) is 6.54 Å². The maximum atomic E-state index is 12.2. The number of rotatable bonds is 4. The molecule has 112 valence electrons. The van der Waals surface area contributed by atoms with E-state index in [1.54, 1.807) is 37.7 Å².